The van der Waals surface area contributed by atoms with Crippen LogP contribution >= 0.6 is 0 Å². The van der Waals surface area contributed by atoms with Crippen LogP contribution < -0.4 is 15.5 Å². The molecular weight excluding hydrogens is 437 g/mol. The quantitative estimate of drug-likeness (QED) is 0.548. The second-order valence-electron chi connectivity index (χ2n) is 8.20. The van der Waals surface area contributed by atoms with E-state index >= 15 is 0 Å². The SMILES string of the molecule is COC(=O)N1CCc2c1ccc1c(-c3nc(N[C@H]4CCCNC4)ncc3C(F)(F)F)c[nH]c21. The summed E-state index contributed by atoms with van der Waals surface area (Å²) in [6, 6.07) is 3.50. The topological polar surface area (TPSA) is 95.2 Å². The summed E-state index contributed by atoms with van der Waals surface area (Å²) in [5.41, 5.74) is 1.49. The van der Waals surface area contributed by atoms with Gasteiger partial charge in [0.15, 0.2) is 0 Å². The molecule has 1 amide bonds. The van der Waals surface area contributed by atoms with Crippen molar-refractivity contribution in [1.82, 2.24) is 20.3 Å². The van der Waals surface area contributed by atoms with E-state index in [1.807, 2.05) is 0 Å². The summed E-state index contributed by atoms with van der Waals surface area (Å²) in [7, 11) is 1.31. The molecule has 8 nitrogen and oxygen atoms in total. The van der Waals surface area contributed by atoms with Gasteiger partial charge < -0.3 is 20.4 Å². The number of hydrogen-bond donors (Lipinski definition) is 3. The molecule has 11 heteroatoms. The van der Waals surface area contributed by atoms with Gasteiger partial charge >= 0.3 is 12.3 Å². The molecule has 4 heterocycles. The van der Waals surface area contributed by atoms with Crippen molar-refractivity contribution in [1.29, 1.82) is 0 Å². The summed E-state index contributed by atoms with van der Waals surface area (Å²) in [6.07, 6.45) is -0.268. The molecule has 1 fully saturated rings. The van der Waals surface area contributed by atoms with Crippen molar-refractivity contribution in [2.45, 2.75) is 31.5 Å². The minimum absolute atomic E-state index is 0.0545. The number of carbonyl (C=O) groups excluding carboxylic acids is 1. The van der Waals surface area contributed by atoms with Crippen LogP contribution in [0.1, 0.15) is 24.0 Å². The molecule has 1 aromatic carbocycles. The standard InChI is InChI=1S/C22H23F3N6O2/c1-33-21(32)31-8-6-14-17(31)5-4-13-15(10-27-18(13)14)19-16(22(23,24)25)11-28-20(30-19)29-12-3-2-7-26-9-12/h4-5,10-12,26-27H,2-3,6-9H2,1H3,(H,28,29,30)/t12-/m0/s1. The van der Waals surface area contributed by atoms with Crippen molar-refractivity contribution < 1.29 is 22.7 Å². The molecule has 5 rings (SSSR count). The number of anilines is 2. The van der Waals surface area contributed by atoms with E-state index < -0.39 is 17.8 Å². The van der Waals surface area contributed by atoms with Gasteiger partial charge in [0, 0.05) is 48.0 Å². The van der Waals surface area contributed by atoms with Gasteiger partial charge in [-0.1, -0.05) is 6.07 Å². The molecule has 2 aliphatic rings. The maximum Gasteiger partial charge on any atom is 0.419 e. The fourth-order valence-corrected chi connectivity index (χ4v) is 4.62. The first kappa shape index (κ1) is 21.5. The van der Waals surface area contributed by atoms with Crippen molar-refractivity contribution in [2.75, 3.05) is 37.0 Å². The Morgan fingerprint density at radius 2 is 2.18 bits per heavy atom. The van der Waals surface area contributed by atoms with E-state index in [1.54, 1.807) is 12.1 Å². The van der Waals surface area contributed by atoms with Crippen LogP contribution in [0, 0.1) is 0 Å². The van der Waals surface area contributed by atoms with E-state index in [1.165, 1.54) is 18.2 Å². The molecular formula is C22H23F3N6O2. The number of hydrogen-bond acceptors (Lipinski definition) is 6. The monoisotopic (exact) mass is 460 g/mol. The fourth-order valence-electron chi connectivity index (χ4n) is 4.62. The fraction of sp³-hybridized carbons (Fsp3) is 0.409. The van der Waals surface area contributed by atoms with Crippen LogP contribution in [-0.2, 0) is 17.3 Å². The molecule has 0 saturated carbocycles. The number of aromatic nitrogens is 3. The molecule has 174 valence electrons. The lowest BCUT2D eigenvalue weighted by Crippen LogP contribution is -2.38. The van der Waals surface area contributed by atoms with Crippen molar-refractivity contribution in [3.05, 3.63) is 35.7 Å². The van der Waals surface area contributed by atoms with Crippen LogP contribution in [0.25, 0.3) is 22.2 Å². The number of halogens is 3. The third-order valence-corrected chi connectivity index (χ3v) is 6.19. The smallest absolute Gasteiger partial charge is 0.419 e. The Balaban J connectivity index is 1.58. The van der Waals surface area contributed by atoms with Crippen molar-refractivity contribution >= 4 is 28.6 Å². The van der Waals surface area contributed by atoms with Gasteiger partial charge in [0.05, 0.1) is 24.0 Å². The zero-order chi connectivity index (χ0) is 23.2. The highest BCUT2D eigenvalue weighted by Gasteiger charge is 2.37. The Bertz CT molecular complexity index is 1200. The maximum absolute atomic E-state index is 13.9. The number of rotatable bonds is 3. The molecule has 3 N–H and O–H groups in total. The first-order chi connectivity index (χ1) is 15.9. The zero-order valence-electron chi connectivity index (χ0n) is 17.9. The number of H-pyrrole nitrogens is 1. The molecule has 33 heavy (non-hydrogen) atoms. The van der Waals surface area contributed by atoms with Gasteiger partial charge in [-0.2, -0.15) is 13.2 Å². The molecule has 0 bridgehead atoms. The number of ether oxygens (including phenoxy) is 1. The Labute approximate surface area is 187 Å². The average molecular weight is 460 g/mol. The van der Waals surface area contributed by atoms with Gasteiger partial charge in [-0.3, -0.25) is 4.90 Å². The van der Waals surface area contributed by atoms with Gasteiger partial charge in [0.2, 0.25) is 5.95 Å². The minimum atomic E-state index is -4.61. The highest BCUT2D eigenvalue weighted by Crippen LogP contribution is 2.42. The van der Waals surface area contributed by atoms with E-state index in [0.717, 1.165) is 31.1 Å². The van der Waals surface area contributed by atoms with Gasteiger partial charge in [-0.05, 0) is 31.9 Å². The number of fused-ring (bicyclic) bond motifs is 3. The highest BCUT2D eigenvalue weighted by atomic mass is 19.4. The highest BCUT2D eigenvalue weighted by molar-refractivity contribution is 6.02. The number of aromatic amines is 1. The molecule has 1 atom stereocenters. The summed E-state index contributed by atoms with van der Waals surface area (Å²) >= 11 is 0. The van der Waals surface area contributed by atoms with E-state index in [-0.39, 0.29) is 17.7 Å². The molecule has 3 aromatic rings. The number of piperidine rings is 1. The van der Waals surface area contributed by atoms with Gasteiger partial charge in [-0.15, -0.1) is 0 Å². The molecule has 0 spiro atoms. The molecule has 0 unspecified atom stereocenters. The summed E-state index contributed by atoms with van der Waals surface area (Å²) in [6.45, 7) is 2.07. The van der Waals surface area contributed by atoms with Gasteiger partial charge in [0.1, 0.15) is 5.56 Å². The number of alkyl halides is 3. The van der Waals surface area contributed by atoms with Crippen LogP contribution in [0.5, 0.6) is 0 Å². The van der Waals surface area contributed by atoms with Crippen LogP contribution in [0.15, 0.2) is 24.5 Å². The van der Waals surface area contributed by atoms with Gasteiger partial charge in [0.25, 0.3) is 0 Å². The number of nitrogens with zero attached hydrogens (tertiary/aromatic N) is 3. The number of amides is 1. The van der Waals surface area contributed by atoms with E-state index in [9.17, 15) is 18.0 Å². The van der Waals surface area contributed by atoms with Crippen molar-refractivity contribution in [2.24, 2.45) is 0 Å². The normalized spacial score (nSPS) is 18.4. The maximum atomic E-state index is 13.9. The van der Waals surface area contributed by atoms with E-state index in [4.69, 9.17) is 4.74 Å². The lowest BCUT2D eigenvalue weighted by Gasteiger charge is -2.24. The Kier molecular flexibility index (Phi) is 5.35. The zero-order valence-corrected chi connectivity index (χ0v) is 17.9. The molecule has 0 radical (unpaired) electrons. The largest absolute Gasteiger partial charge is 0.452 e. The molecule has 2 aromatic heterocycles. The van der Waals surface area contributed by atoms with Crippen LogP contribution in [0.4, 0.5) is 29.6 Å². The van der Waals surface area contributed by atoms with Crippen molar-refractivity contribution in [3.8, 4) is 11.3 Å². The number of carbonyl (C=O) groups is 1. The molecule has 2 aliphatic heterocycles. The predicted octanol–water partition coefficient (Wildman–Crippen LogP) is 3.94. The van der Waals surface area contributed by atoms with Crippen LogP contribution in [0.2, 0.25) is 0 Å². The Hall–Kier alpha value is -3.34. The Morgan fingerprint density at radius 1 is 1.33 bits per heavy atom. The first-order valence-corrected chi connectivity index (χ1v) is 10.8. The van der Waals surface area contributed by atoms with Crippen LogP contribution in [0.3, 0.4) is 0 Å². The van der Waals surface area contributed by atoms with E-state index in [2.05, 4.69) is 25.6 Å². The van der Waals surface area contributed by atoms with E-state index in [0.29, 0.717) is 41.7 Å². The second-order valence-corrected chi connectivity index (χ2v) is 8.20. The number of benzene rings is 1. The summed E-state index contributed by atoms with van der Waals surface area (Å²) in [4.78, 5) is 24.9. The van der Waals surface area contributed by atoms with Crippen molar-refractivity contribution in [3.63, 3.8) is 0 Å². The second kappa shape index (κ2) is 8.22. The molecule has 0 aliphatic carbocycles. The lowest BCUT2D eigenvalue weighted by atomic mass is 10.0. The van der Waals surface area contributed by atoms with Crippen LogP contribution in [-0.4, -0.2) is 53.8 Å². The average Bonchev–Trinajstić information content (AvgIpc) is 3.42. The predicted molar refractivity (Wildman–Crippen MR) is 117 cm³/mol. The summed E-state index contributed by atoms with van der Waals surface area (Å²) in [5, 5.41) is 7.02. The minimum Gasteiger partial charge on any atom is -0.452 e. The Morgan fingerprint density at radius 3 is 2.91 bits per heavy atom. The lowest BCUT2D eigenvalue weighted by molar-refractivity contribution is -0.137. The molecule has 1 saturated heterocycles. The third-order valence-electron chi connectivity index (χ3n) is 6.19. The number of methoxy groups -OCH3 is 1. The first-order valence-electron chi connectivity index (χ1n) is 10.8. The summed E-state index contributed by atoms with van der Waals surface area (Å²) in [5.74, 6) is 0.166. The third kappa shape index (κ3) is 3.86. The van der Waals surface area contributed by atoms with Gasteiger partial charge in [-0.25, -0.2) is 14.8 Å². The number of nitrogens with one attached hydrogen (secondary N) is 3. The summed E-state index contributed by atoms with van der Waals surface area (Å²) < 4.78 is 46.4.